The maximum absolute atomic E-state index is 12.7. The topological polar surface area (TPSA) is 55.2 Å². The third kappa shape index (κ3) is 2.73. The van der Waals surface area contributed by atoms with Crippen molar-refractivity contribution in [1.29, 1.82) is 0 Å². The van der Waals surface area contributed by atoms with E-state index in [1.165, 1.54) is 43.0 Å². The first-order chi connectivity index (χ1) is 9.95. The second kappa shape index (κ2) is 5.56. The van der Waals surface area contributed by atoms with Crippen LogP contribution in [0.25, 0.3) is 0 Å². The molecule has 21 heavy (non-hydrogen) atoms. The van der Waals surface area contributed by atoms with Crippen LogP contribution in [0.3, 0.4) is 0 Å². The van der Waals surface area contributed by atoms with Gasteiger partial charge >= 0.3 is 0 Å². The van der Waals surface area contributed by atoms with Crippen LogP contribution in [0.5, 0.6) is 0 Å². The van der Waals surface area contributed by atoms with Gasteiger partial charge in [0.25, 0.3) is 10.0 Å². The molecule has 0 radical (unpaired) electrons. The molecule has 2 fully saturated rings. The van der Waals surface area contributed by atoms with Gasteiger partial charge in [0.2, 0.25) is 5.03 Å². The van der Waals surface area contributed by atoms with Crippen molar-refractivity contribution in [3.05, 3.63) is 11.5 Å². The number of rotatable bonds is 2. The van der Waals surface area contributed by atoms with Crippen LogP contribution in [0.1, 0.15) is 44.9 Å². The highest BCUT2D eigenvalue weighted by Gasteiger charge is 2.40. The number of imidazole rings is 1. The van der Waals surface area contributed by atoms with E-state index in [-0.39, 0.29) is 10.2 Å². The summed E-state index contributed by atoms with van der Waals surface area (Å²) in [6.45, 7) is 1.18. The van der Waals surface area contributed by atoms with Gasteiger partial charge in [-0.1, -0.05) is 30.9 Å². The van der Waals surface area contributed by atoms with Gasteiger partial charge < -0.3 is 4.57 Å². The molecular formula is C14H22ClN3O2S. The van der Waals surface area contributed by atoms with Crippen molar-refractivity contribution in [2.75, 3.05) is 13.1 Å². The lowest BCUT2D eigenvalue weighted by molar-refractivity contribution is 0.102. The SMILES string of the molecule is Cn1cnc(S(=O)(=O)N2CCC3(CCCCC3)CC2)c1Cl. The highest BCUT2D eigenvalue weighted by molar-refractivity contribution is 7.89. The van der Waals surface area contributed by atoms with Gasteiger partial charge in [-0.3, -0.25) is 0 Å². The van der Waals surface area contributed by atoms with Gasteiger partial charge in [-0.2, -0.15) is 4.31 Å². The number of halogens is 1. The summed E-state index contributed by atoms with van der Waals surface area (Å²) in [5.41, 5.74) is 0.387. The molecule has 1 aliphatic carbocycles. The van der Waals surface area contributed by atoms with Gasteiger partial charge in [-0.05, 0) is 31.1 Å². The van der Waals surface area contributed by atoms with E-state index >= 15 is 0 Å². The summed E-state index contributed by atoms with van der Waals surface area (Å²) in [6, 6.07) is 0. The molecule has 0 unspecified atom stereocenters. The number of piperidine rings is 1. The van der Waals surface area contributed by atoms with Crippen LogP contribution in [0, 0.1) is 5.41 Å². The smallest absolute Gasteiger partial charge is 0.263 e. The van der Waals surface area contributed by atoms with E-state index in [9.17, 15) is 8.42 Å². The molecule has 1 saturated heterocycles. The summed E-state index contributed by atoms with van der Waals surface area (Å²) in [4.78, 5) is 3.97. The minimum absolute atomic E-state index is 0.00809. The summed E-state index contributed by atoms with van der Waals surface area (Å²) in [6.07, 6.45) is 9.80. The molecule has 3 rings (SSSR count). The number of aromatic nitrogens is 2. The summed E-state index contributed by atoms with van der Waals surface area (Å²) < 4.78 is 28.4. The van der Waals surface area contributed by atoms with Crippen molar-refractivity contribution in [2.45, 2.75) is 50.0 Å². The van der Waals surface area contributed by atoms with Crippen molar-refractivity contribution in [2.24, 2.45) is 12.5 Å². The Labute approximate surface area is 131 Å². The second-order valence-electron chi connectivity index (χ2n) is 6.42. The van der Waals surface area contributed by atoms with Gasteiger partial charge in [0.1, 0.15) is 5.15 Å². The molecule has 1 saturated carbocycles. The van der Waals surface area contributed by atoms with Crippen LogP contribution < -0.4 is 0 Å². The number of nitrogens with zero attached hydrogens (tertiary/aromatic N) is 3. The lowest BCUT2D eigenvalue weighted by Gasteiger charge is -2.43. The first-order valence-electron chi connectivity index (χ1n) is 7.62. The fraction of sp³-hybridized carbons (Fsp3) is 0.786. The first kappa shape index (κ1) is 15.3. The average Bonchev–Trinajstić information content (AvgIpc) is 2.81. The molecule has 1 aromatic heterocycles. The molecule has 1 aromatic rings. The normalized spacial score (nSPS) is 23.5. The maximum atomic E-state index is 12.7. The number of hydrogen-bond donors (Lipinski definition) is 0. The van der Waals surface area contributed by atoms with Crippen LogP contribution in [0.4, 0.5) is 0 Å². The molecule has 118 valence electrons. The van der Waals surface area contributed by atoms with E-state index < -0.39 is 10.0 Å². The van der Waals surface area contributed by atoms with Gasteiger partial charge in [0.05, 0.1) is 6.33 Å². The Hall–Kier alpha value is -0.590. The predicted octanol–water partition coefficient (Wildman–Crippen LogP) is 2.81. The Balaban J connectivity index is 1.75. The highest BCUT2D eigenvalue weighted by atomic mass is 35.5. The molecule has 2 aliphatic rings. The van der Waals surface area contributed by atoms with Crippen molar-refractivity contribution in [3.63, 3.8) is 0 Å². The zero-order chi connectivity index (χ0) is 15.1. The minimum Gasteiger partial charge on any atom is -0.324 e. The summed E-state index contributed by atoms with van der Waals surface area (Å²) in [7, 11) is -1.86. The van der Waals surface area contributed by atoms with E-state index in [0.29, 0.717) is 18.5 Å². The Morgan fingerprint density at radius 3 is 2.29 bits per heavy atom. The largest absolute Gasteiger partial charge is 0.324 e. The molecule has 7 heteroatoms. The van der Waals surface area contributed by atoms with E-state index in [1.807, 2.05) is 0 Å². The average molecular weight is 332 g/mol. The third-order valence-corrected chi connectivity index (χ3v) is 7.51. The Morgan fingerprint density at radius 2 is 1.76 bits per heavy atom. The molecule has 0 N–H and O–H groups in total. The van der Waals surface area contributed by atoms with E-state index in [1.54, 1.807) is 11.4 Å². The summed E-state index contributed by atoms with van der Waals surface area (Å²) in [5, 5.41) is 0.180. The first-order valence-corrected chi connectivity index (χ1v) is 9.43. The lowest BCUT2D eigenvalue weighted by Crippen LogP contribution is -2.44. The minimum atomic E-state index is -3.56. The standard InChI is InChI=1S/C14H22ClN3O2S/c1-17-11-16-13(12(17)15)21(19,20)18-9-7-14(8-10-18)5-3-2-4-6-14/h11H,2-10H2,1H3. The zero-order valence-electron chi connectivity index (χ0n) is 12.4. The number of aryl methyl sites for hydroxylation is 1. The summed E-state index contributed by atoms with van der Waals surface area (Å²) >= 11 is 6.05. The fourth-order valence-corrected chi connectivity index (χ4v) is 5.52. The molecule has 0 amide bonds. The van der Waals surface area contributed by atoms with Crippen LogP contribution >= 0.6 is 11.6 Å². The predicted molar refractivity (Wildman–Crippen MR) is 81.7 cm³/mol. The Morgan fingerprint density at radius 1 is 1.14 bits per heavy atom. The van der Waals surface area contributed by atoms with Gasteiger partial charge in [-0.15, -0.1) is 0 Å². The van der Waals surface area contributed by atoms with Gasteiger partial charge in [0.15, 0.2) is 0 Å². The van der Waals surface area contributed by atoms with Gasteiger partial charge in [0, 0.05) is 20.1 Å². The molecular weight excluding hydrogens is 310 g/mol. The Kier molecular flexibility index (Phi) is 4.05. The van der Waals surface area contributed by atoms with Crippen LogP contribution in [-0.4, -0.2) is 35.4 Å². The summed E-state index contributed by atoms with van der Waals surface area (Å²) in [5.74, 6) is 0. The quantitative estimate of drug-likeness (QED) is 0.837. The van der Waals surface area contributed by atoms with E-state index in [2.05, 4.69) is 4.98 Å². The van der Waals surface area contributed by atoms with Crippen molar-refractivity contribution < 1.29 is 8.42 Å². The van der Waals surface area contributed by atoms with Crippen LogP contribution in [0.15, 0.2) is 11.4 Å². The van der Waals surface area contributed by atoms with E-state index in [0.717, 1.165) is 12.8 Å². The monoisotopic (exact) mass is 331 g/mol. The molecule has 1 spiro atoms. The van der Waals surface area contributed by atoms with Crippen molar-refractivity contribution in [3.8, 4) is 0 Å². The molecule has 5 nitrogen and oxygen atoms in total. The van der Waals surface area contributed by atoms with Crippen molar-refractivity contribution >= 4 is 21.6 Å². The maximum Gasteiger partial charge on any atom is 0.263 e. The molecule has 0 atom stereocenters. The number of sulfonamides is 1. The van der Waals surface area contributed by atoms with Crippen LogP contribution in [-0.2, 0) is 17.1 Å². The molecule has 1 aliphatic heterocycles. The highest BCUT2D eigenvalue weighted by Crippen LogP contribution is 2.45. The lowest BCUT2D eigenvalue weighted by atomic mass is 9.68. The molecule has 0 aromatic carbocycles. The second-order valence-corrected chi connectivity index (χ2v) is 8.63. The Bertz CT molecular complexity index is 610. The fourth-order valence-electron chi connectivity index (χ4n) is 3.69. The van der Waals surface area contributed by atoms with Crippen LogP contribution in [0.2, 0.25) is 5.15 Å². The molecule has 0 bridgehead atoms. The van der Waals surface area contributed by atoms with Crippen molar-refractivity contribution in [1.82, 2.24) is 13.9 Å². The third-order valence-electron chi connectivity index (χ3n) is 5.12. The van der Waals surface area contributed by atoms with Gasteiger partial charge in [-0.25, -0.2) is 13.4 Å². The zero-order valence-corrected chi connectivity index (χ0v) is 14.0. The van der Waals surface area contributed by atoms with E-state index in [4.69, 9.17) is 11.6 Å². The number of hydrogen-bond acceptors (Lipinski definition) is 3. The molecule has 2 heterocycles.